The van der Waals surface area contributed by atoms with Gasteiger partial charge in [-0.05, 0) is 0 Å². The molecule has 0 unspecified atom stereocenters. The van der Waals surface area contributed by atoms with Gasteiger partial charge in [-0.2, -0.15) is 0 Å². The van der Waals surface area contributed by atoms with E-state index in [4.69, 9.17) is 4.98 Å². The van der Waals surface area contributed by atoms with Crippen molar-refractivity contribution in [1.82, 2.24) is 4.98 Å². The maximum atomic E-state index is 14.3. The predicted octanol–water partition coefficient (Wildman–Crippen LogP) is 6.86. The predicted molar refractivity (Wildman–Crippen MR) is 140 cm³/mol. The first-order valence-corrected chi connectivity index (χ1v) is 15.1. The van der Waals surface area contributed by atoms with Crippen LogP contribution in [0.2, 0.25) is 0 Å². The van der Waals surface area contributed by atoms with E-state index in [2.05, 4.69) is 15.5 Å². The van der Waals surface area contributed by atoms with Crippen LogP contribution in [0, 0.1) is 5.82 Å². The molecule has 7 heteroatoms. The molecule has 0 aliphatic heterocycles. The van der Waals surface area contributed by atoms with Crippen LogP contribution in [0.4, 0.5) is 17.6 Å². The van der Waals surface area contributed by atoms with Crippen LogP contribution in [0.25, 0.3) is 10.9 Å². The molecular weight excluding hydrogens is 537 g/mol. The van der Waals surface area contributed by atoms with Gasteiger partial charge in [0.1, 0.15) is 0 Å². The summed E-state index contributed by atoms with van der Waals surface area (Å²) in [4.78, 5) is 4.81. The van der Waals surface area contributed by atoms with Gasteiger partial charge in [-0.15, -0.1) is 0 Å². The second kappa shape index (κ2) is 8.54. The third-order valence-electron chi connectivity index (χ3n) is 6.22. The van der Waals surface area contributed by atoms with Gasteiger partial charge < -0.3 is 0 Å². The standard InChI is InChI=1S/C28H19BrF4NP/c29-35(21-10-4-1-5-11-21,22-12-6-2-7-13-22,23-14-8-3-9-15-23)27-17-16-20-18-25(30)24(28(31,32)33)19-26(20)34-27/h1-19H. The summed E-state index contributed by atoms with van der Waals surface area (Å²) in [6.07, 6.45) is -4.83. The molecule has 5 aromatic rings. The van der Waals surface area contributed by atoms with E-state index in [9.17, 15) is 17.6 Å². The van der Waals surface area contributed by atoms with Crippen LogP contribution in [0.15, 0.2) is 115 Å². The van der Waals surface area contributed by atoms with Crippen molar-refractivity contribution >= 4 is 53.0 Å². The number of aromatic nitrogens is 1. The van der Waals surface area contributed by atoms with Gasteiger partial charge in [0.25, 0.3) is 0 Å². The number of nitrogens with zero attached hydrogens (tertiary/aromatic N) is 1. The van der Waals surface area contributed by atoms with Crippen LogP contribution >= 0.6 is 20.8 Å². The van der Waals surface area contributed by atoms with Gasteiger partial charge in [0.15, 0.2) is 0 Å². The minimum atomic E-state index is -4.83. The molecule has 1 nitrogen and oxygen atoms in total. The van der Waals surface area contributed by atoms with E-state index in [1.807, 2.05) is 91.0 Å². The van der Waals surface area contributed by atoms with Crippen LogP contribution < -0.4 is 21.3 Å². The molecule has 1 aromatic heterocycles. The number of halogens is 5. The molecule has 0 saturated heterocycles. The second-order valence-corrected chi connectivity index (χ2v) is 16.5. The van der Waals surface area contributed by atoms with Gasteiger partial charge in [-0.3, -0.25) is 0 Å². The zero-order valence-electron chi connectivity index (χ0n) is 18.3. The zero-order valence-corrected chi connectivity index (χ0v) is 20.7. The van der Waals surface area contributed by atoms with E-state index >= 15 is 0 Å². The summed E-state index contributed by atoms with van der Waals surface area (Å²) in [6.45, 7) is 0. The zero-order chi connectivity index (χ0) is 24.7. The van der Waals surface area contributed by atoms with E-state index in [0.717, 1.165) is 28.0 Å². The molecule has 0 spiro atoms. The minimum absolute atomic E-state index is 0.0764. The number of hydrogen-bond acceptors (Lipinski definition) is 1. The average Bonchev–Trinajstić information content (AvgIpc) is 2.88. The number of alkyl halides is 3. The summed E-state index contributed by atoms with van der Waals surface area (Å²) in [6, 6.07) is 34.5. The van der Waals surface area contributed by atoms with Crippen LogP contribution in [-0.2, 0) is 6.18 Å². The number of benzene rings is 4. The SMILES string of the molecule is Fc1cc2ccc(P(Br)(c3ccccc3)(c3ccccc3)c3ccccc3)nc2cc1C(F)(F)F. The van der Waals surface area contributed by atoms with Crippen molar-refractivity contribution in [2.45, 2.75) is 6.18 Å². The average molecular weight is 556 g/mol. The first kappa shape index (κ1) is 23.7. The summed E-state index contributed by atoms with van der Waals surface area (Å²) < 4.78 is 54.8. The van der Waals surface area contributed by atoms with Gasteiger partial charge in [-0.25, -0.2) is 0 Å². The molecule has 176 valence electrons. The van der Waals surface area contributed by atoms with E-state index in [1.165, 1.54) is 0 Å². The quantitative estimate of drug-likeness (QED) is 0.174. The van der Waals surface area contributed by atoms with Crippen LogP contribution in [-0.4, -0.2) is 4.98 Å². The van der Waals surface area contributed by atoms with Crippen molar-refractivity contribution in [2.24, 2.45) is 0 Å². The molecule has 0 atom stereocenters. The molecular formula is C28H19BrF4NP. The Balaban J connectivity index is 1.95. The van der Waals surface area contributed by atoms with Crippen LogP contribution in [0.3, 0.4) is 0 Å². The van der Waals surface area contributed by atoms with Crippen molar-refractivity contribution in [3.8, 4) is 0 Å². The van der Waals surface area contributed by atoms with Crippen LogP contribution in [0.5, 0.6) is 0 Å². The third kappa shape index (κ3) is 3.67. The van der Waals surface area contributed by atoms with Crippen molar-refractivity contribution in [1.29, 1.82) is 0 Å². The van der Waals surface area contributed by atoms with Gasteiger partial charge in [-0.1, -0.05) is 0 Å². The summed E-state index contributed by atoms with van der Waals surface area (Å²) >= 11 is 4.26. The van der Waals surface area contributed by atoms with E-state index < -0.39 is 22.9 Å². The summed E-state index contributed by atoms with van der Waals surface area (Å²) in [7, 11) is 0. The second-order valence-electron chi connectivity index (χ2n) is 8.21. The molecule has 0 radical (unpaired) electrons. The summed E-state index contributed by atoms with van der Waals surface area (Å²) in [5.74, 6) is -1.31. The Labute approximate surface area is 208 Å². The first-order chi connectivity index (χ1) is 16.7. The van der Waals surface area contributed by atoms with Gasteiger partial charge >= 0.3 is 208 Å². The fourth-order valence-corrected chi connectivity index (χ4v) is 11.8. The molecule has 0 aliphatic rings. The first-order valence-electron chi connectivity index (χ1n) is 10.8. The molecule has 4 aromatic carbocycles. The Kier molecular flexibility index (Phi) is 5.77. The molecule has 0 N–H and O–H groups in total. The number of pyridine rings is 1. The van der Waals surface area contributed by atoms with Gasteiger partial charge in [0.05, 0.1) is 0 Å². The van der Waals surface area contributed by atoms with Crippen molar-refractivity contribution < 1.29 is 17.6 Å². The Morgan fingerprint density at radius 2 is 1.09 bits per heavy atom. The Bertz CT molecular complexity index is 1410. The monoisotopic (exact) mass is 555 g/mol. The van der Waals surface area contributed by atoms with Crippen molar-refractivity contribution in [3.63, 3.8) is 0 Å². The van der Waals surface area contributed by atoms with Gasteiger partial charge in [0, 0.05) is 0 Å². The fraction of sp³-hybridized carbons (Fsp3) is 0.0357. The number of rotatable bonds is 4. The normalized spacial score (nSPS) is 13.3. The summed E-state index contributed by atoms with van der Waals surface area (Å²) in [5, 5.41) is -0.561. The molecule has 35 heavy (non-hydrogen) atoms. The molecule has 0 saturated carbocycles. The van der Waals surface area contributed by atoms with E-state index in [1.54, 1.807) is 12.1 Å². The molecule has 0 fully saturated rings. The topological polar surface area (TPSA) is 12.9 Å². The molecule has 5 rings (SSSR count). The number of fused-ring (bicyclic) bond motifs is 1. The molecule has 0 aliphatic carbocycles. The van der Waals surface area contributed by atoms with Crippen molar-refractivity contribution in [3.05, 3.63) is 127 Å². The van der Waals surface area contributed by atoms with E-state index in [0.29, 0.717) is 10.8 Å². The molecule has 0 amide bonds. The Hall–Kier alpha value is -3.08. The van der Waals surface area contributed by atoms with Crippen molar-refractivity contribution in [2.75, 3.05) is 0 Å². The Morgan fingerprint density at radius 1 is 0.629 bits per heavy atom. The van der Waals surface area contributed by atoms with Gasteiger partial charge in [0.2, 0.25) is 0 Å². The maximum absolute atomic E-state index is 14.3. The molecule has 1 heterocycles. The summed E-state index contributed by atoms with van der Waals surface area (Å²) in [5.41, 5.74) is -0.678. The molecule has 0 bridgehead atoms. The van der Waals surface area contributed by atoms with Crippen LogP contribution in [0.1, 0.15) is 5.56 Å². The Morgan fingerprint density at radius 3 is 1.51 bits per heavy atom. The fourth-order valence-electron chi connectivity index (χ4n) is 4.55. The third-order valence-corrected chi connectivity index (χ3v) is 15.9. The van der Waals surface area contributed by atoms with E-state index in [-0.39, 0.29) is 5.52 Å². The number of hydrogen-bond donors (Lipinski definition) is 0.